The highest BCUT2D eigenvalue weighted by Crippen LogP contribution is 2.26. The molecule has 2 amide bonds. The predicted molar refractivity (Wildman–Crippen MR) is 101 cm³/mol. The lowest BCUT2D eigenvalue weighted by molar-refractivity contribution is -0.142. The van der Waals surface area contributed by atoms with Crippen LogP contribution in [0.5, 0.6) is 0 Å². The van der Waals surface area contributed by atoms with Crippen molar-refractivity contribution in [2.24, 2.45) is 5.41 Å². The molecule has 1 saturated heterocycles. The number of hydrogen-bond acceptors (Lipinski definition) is 4. The highest BCUT2D eigenvalue weighted by atomic mass is 16.3. The Morgan fingerprint density at radius 2 is 1.92 bits per heavy atom. The zero-order valence-electron chi connectivity index (χ0n) is 16.2. The van der Waals surface area contributed by atoms with Crippen molar-refractivity contribution in [3.8, 4) is 0 Å². The third kappa shape index (κ3) is 5.05. The third-order valence-corrected chi connectivity index (χ3v) is 4.70. The molecule has 1 heterocycles. The molecule has 6 nitrogen and oxygen atoms in total. The average molecular weight is 361 g/mol. The van der Waals surface area contributed by atoms with Crippen LogP contribution in [-0.4, -0.2) is 53.1 Å². The Bertz CT molecular complexity index is 612. The van der Waals surface area contributed by atoms with E-state index in [1.54, 1.807) is 0 Å². The Hall–Kier alpha value is -1.92. The molecule has 1 aliphatic rings. The lowest BCUT2D eigenvalue weighted by Crippen LogP contribution is -2.56. The van der Waals surface area contributed by atoms with Crippen LogP contribution in [0.15, 0.2) is 30.3 Å². The molecule has 3 N–H and O–H groups in total. The number of nitrogens with zero attached hydrogens (tertiary/aromatic N) is 1. The number of hydrogen-bond donors (Lipinski definition) is 3. The number of likely N-dealkylation sites (tertiary alicyclic amines) is 1. The summed E-state index contributed by atoms with van der Waals surface area (Å²) in [6.45, 7) is 9.20. The minimum absolute atomic E-state index is 0.129. The van der Waals surface area contributed by atoms with Crippen LogP contribution < -0.4 is 10.6 Å². The first-order valence-corrected chi connectivity index (χ1v) is 9.27. The second-order valence-corrected chi connectivity index (χ2v) is 7.96. The van der Waals surface area contributed by atoms with Crippen molar-refractivity contribution in [1.82, 2.24) is 15.5 Å². The minimum Gasteiger partial charge on any atom is -0.391 e. The molecule has 0 aliphatic carbocycles. The third-order valence-electron chi connectivity index (χ3n) is 4.70. The molecular formula is C20H31N3O3. The van der Waals surface area contributed by atoms with Gasteiger partial charge in [0.05, 0.1) is 12.1 Å². The van der Waals surface area contributed by atoms with Crippen LogP contribution in [0, 0.1) is 5.41 Å². The van der Waals surface area contributed by atoms with Gasteiger partial charge in [-0.15, -0.1) is 0 Å². The fourth-order valence-electron chi connectivity index (χ4n) is 3.34. The normalized spacial score (nSPS) is 21.5. The van der Waals surface area contributed by atoms with Crippen molar-refractivity contribution in [3.63, 3.8) is 0 Å². The van der Waals surface area contributed by atoms with E-state index in [4.69, 9.17) is 0 Å². The Labute approximate surface area is 156 Å². The summed E-state index contributed by atoms with van der Waals surface area (Å²) in [7, 11) is 0. The van der Waals surface area contributed by atoms with Gasteiger partial charge >= 0.3 is 0 Å². The number of rotatable bonds is 6. The van der Waals surface area contributed by atoms with Crippen LogP contribution in [0.2, 0.25) is 0 Å². The van der Waals surface area contributed by atoms with Crippen LogP contribution in [-0.2, 0) is 16.1 Å². The number of β-amino-alcohol motifs (C(OH)–C–C–N with tert-alkyl or cyclic N) is 1. The van der Waals surface area contributed by atoms with Gasteiger partial charge < -0.3 is 20.6 Å². The summed E-state index contributed by atoms with van der Waals surface area (Å²) in [6, 6.07) is 8.60. The predicted octanol–water partition coefficient (Wildman–Crippen LogP) is 1.29. The maximum atomic E-state index is 13.1. The molecule has 1 aliphatic heterocycles. The van der Waals surface area contributed by atoms with Gasteiger partial charge in [0.15, 0.2) is 0 Å². The molecule has 0 aromatic heterocycles. The largest absolute Gasteiger partial charge is 0.391 e. The fraction of sp³-hybridized carbons (Fsp3) is 0.600. The topological polar surface area (TPSA) is 81.7 Å². The van der Waals surface area contributed by atoms with E-state index in [0.717, 1.165) is 5.56 Å². The Morgan fingerprint density at radius 3 is 2.50 bits per heavy atom. The summed E-state index contributed by atoms with van der Waals surface area (Å²) in [5, 5.41) is 16.2. The van der Waals surface area contributed by atoms with Gasteiger partial charge in [-0.3, -0.25) is 9.59 Å². The first-order chi connectivity index (χ1) is 12.2. The summed E-state index contributed by atoms with van der Waals surface area (Å²) in [4.78, 5) is 27.3. The second kappa shape index (κ2) is 8.64. The van der Waals surface area contributed by atoms with Crippen molar-refractivity contribution in [3.05, 3.63) is 35.9 Å². The summed E-state index contributed by atoms with van der Waals surface area (Å²) in [5.74, 6) is -0.348. The molecule has 6 heteroatoms. The van der Waals surface area contributed by atoms with Crippen molar-refractivity contribution in [2.75, 3.05) is 13.1 Å². The van der Waals surface area contributed by atoms with Crippen molar-refractivity contribution in [2.45, 2.75) is 58.8 Å². The van der Waals surface area contributed by atoms with Crippen molar-refractivity contribution in [1.29, 1.82) is 0 Å². The molecule has 0 bridgehead atoms. The van der Waals surface area contributed by atoms with Crippen LogP contribution in [0.4, 0.5) is 0 Å². The van der Waals surface area contributed by atoms with Crippen LogP contribution >= 0.6 is 0 Å². The highest BCUT2D eigenvalue weighted by Gasteiger charge is 2.43. The molecule has 1 aromatic carbocycles. The van der Waals surface area contributed by atoms with Gasteiger partial charge in [-0.05, 0) is 17.5 Å². The lowest BCUT2D eigenvalue weighted by Gasteiger charge is -2.35. The summed E-state index contributed by atoms with van der Waals surface area (Å²) < 4.78 is 0. The maximum Gasteiger partial charge on any atom is 0.243 e. The maximum absolute atomic E-state index is 13.1. The zero-order chi connectivity index (χ0) is 19.3. The van der Waals surface area contributed by atoms with E-state index >= 15 is 0 Å². The monoisotopic (exact) mass is 361 g/mol. The van der Waals surface area contributed by atoms with Gasteiger partial charge in [-0.1, -0.05) is 58.0 Å². The number of amides is 2. The quantitative estimate of drug-likeness (QED) is 0.713. The number of nitrogens with one attached hydrogen (secondary N) is 2. The molecule has 144 valence electrons. The molecule has 2 rings (SSSR count). The van der Waals surface area contributed by atoms with Gasteiger partial charge in [-0.2, -0.15) is 0 Å². The summed E-state index contributed by atoms with van der Waals surface area (Å²) in [5.41, 5.74) is 0.712. The Kier molecular flexibility index (Phi) is 6.78. The molecule has 3 unspecified atom stereocenters. The fourth-order valence-corrected chi connectivity index (χ4v) is 3.34. The van der Waals surface area contributed by atoms with E-state index < -0.39 is 18.2 Å². The first kappa shape index (κ1) is 20.4. The van der Waals surface area contributed by atoms with E-state index in [1.165, 1.54) is 4.90 Å². The molecule has 0 radical (unpaired) electrons. The minimum atomic E-state index is -0.673. The number of aliphatic hydroxyl groups is 1. The van der Waals surface area contributed by atoms with Gasteiger partial charge in [0, 0.05) is 19.5 Å². The van der Waals surface area contributed by atoms with E-state index in [9.17, 15) is 14.7 Å². The number of carbonyl (C=O) groups is 2. The van der Waals surface area contributed by atoms with E-state index in [-0.39, 0.29) is 30.2 Å². The highest BCUT2D eigenvalue weighted by molar-refractivity contribution is 5.91. The molecule has 1 fully saturated rings. The second-order valence-electron chi connectivity index (χ2n) is 7.96. The van der Waals surface area contributed by atoms with Crippen molar-refractivity contribution < 1.29 is 14.7 Å². The molecule has 3 atom stereocenters. The number of carbonyl (C=O) groups excluding carboxylic acids is 2. The van der Waals surface area contributed by atoms with Crippen LogP contribution in [0.3, 0.4) is 0 Å². The van der Waals surface area contributed by atoms with Gasteiger partial charge in [0.1, 0.15) is 6.04 Å². The summed E-state index contributed by atoms with van der Waals surface area (Å²) in [6.07, 6.45) is -0.399. The van der Waals surface area contributed by atoms with Crippen LogP contribution in [0.25, 0.3) is 0 Å². The van der Waals surface area contributed by atoms with E-state index in [0.29, 0.717) is 13.1 Å². The number of benzene rings is 1. The van der Waals surface area contributed by atoms with Crippen molar-refractivity contribution >= 4 is 11.8 Å². The molecule has 26 heavy (non-hydrogen) atoms. The first-order valence-electron chi connectivity index (χ1n) is 9.27. The molecule has 0 saturated carbocycles. The molecule has 0 spiro atoms. The van der Waals surface area contributed by atoms with Gasteiger partial charge in [0.25, 0.3) is 0 Å². The average Bonchev–Trinajstić information content (AvgIpc) is 2.99. The Morgan fingerprint density at radius 1 is 1.27 bits per heavy atom. The van der Waals surface area contributed by atoms with E-state index in [2.05, 4.69) is 10.6 Å². The number of aliphatic hydroxyl groups excluding tert-OH is 1. The number of likely N-dealkylation sites (N-methyl/N-ethyl adjacent to an activating group) is 1. The van der Waals surface area contributed by atoms with Gasteiger partial charge in [-0.25, -0.2) is 0 Å². The SMILES string of the molecule is CCNC(C(=O)N1CC(O)CC1C(=O)NCc1ccccc1)C(C)(C)C. The molecular weight excluding hydrogens is 330 g/mol. The lowest BCUT2D eigenvalue weighted by atomic mass is 9.85. The standard InChI is InChI=1S/C20H31N3O3/c1-5-21-17(20(2,3)4)19(26)23-13-15(24)11-16(23)18(25)22-12-14-9-7-6-8-10-14/h6-10,15-17,21,24H,5,11-13H2,1-4H3,(H,22,25). The smallest absolute Gasteiger partial charge is 0.243 e. The van der Waals surface area contributed by atoms with Gasteiger partial charge in [0.2, 0.25) is 11.8 Å². The molecule has 1 aromatic rings. The zero-order valence-corrected chi connectivity index (χ0v) is 16.2. The van der Waals surface area contributed by atoms with Crippen LogP contribution in [0.1, 0.15) is 39.7 Å². The Balaban J connectivity index is 2.08. The summed E-state index contributed by atoms with van der Waals surface area (Å²) >= 11 is 0. The van der Waals surface area contributed by atoms with E-state index in [1.807, 2.05) is 58.0 Å².